The standard InChI is InChI=1S/C9H12N6O/c1-5-6(2-3-10-5)9-12-8(14-16-9)7-4-11-15-13-7/h4-6,10H,2-3H2,1H3,(H,11,13,15). The summed E-state index contributed by atoms with van der Waals surface area (Å²) in [6.45, 7) is 3.12. The fraction of sp³-hybridized carbons (Fsp3) is 0.556. The van der Waals surface area contributed by atoms with Gasteiger partial charge in [0, 0.05) is 6.04 Å². The molecule has 0 spiro atoms. The smallest absolute Gasteiger partial charge is 0.231 e. The summed E-state index contributed by atoms with van der Waals surface area (Å²) in [7, 11) is 0. The molecule has 3 heterocycles. The highest BCUT2D eigenvalue weighted by Crippen LogP contribution is 2.27. The summed E-state index contributed by atoms with van der Waals surface area (Å²) < 4.78 is 5.26. The van der Waals surface area contributed by atoms with Gasteiger partial charge < -0.3 is 9.84 Å². The van der Waals surface area contributed by atoms with Gasteiger partial charge in [0.2, 0.25) is 11.7 Å². The van der Waals surface area contributed by atoms with E-state index in [1.165, 1.54) is 0 Å². The minimum atomic E-state index is 0.299. The van der Waals surface area contributed by atoms with Gasteiger partial charge >= 0.3 is 0 Å². The number of hydrogen-bond acceptors (Lipinski definition) is 6. The Morgan fingerprint density at radius 2 is 2.44 bits per heavy atom. The molecule has 3 rings (SSSR count). The van der Waals surface area contributed by atoms with Crippen molar-refractivity contribution in [3.05, 3.63) is 12.1 Å². The van der Waals surface area contributed by atoms with Crippen LogP contribution < -0.4 is 5.32 Å². The maximum Gasteiger partial charge on any atom is 0.231 e. The molecule has 7 nitrogen and oxygen atoms in total. The van der Waals surface area contributed by atoms with Gasteiger partial charge in [-0.2, -0.15) is 20.4 Å². The van der Waals surface area contributed by atoms with Crippen molar-refractivity contribution in [2.75, 3.05) is 6.54 Å². The van der Waals surface area contributed by atoms with Crippen molar-refractivity contribution in [2.24, 2.45) is 0 Å². The molecule has 2 unspecified atom stereocenters. The lowest BCUT2D eigenvalue weighted by molar-refractivity contribution is 0.345. The van der Waals surface area contributed by atoms with Crippen molar-refractivity contribution in [3.8, 4) is 11.5 Å². The van der Waals surface area contributed by atoms with E-state index in [9.17, 15) is 0 Å². The lowest BCUT2D eigenvalue weighted by Gasteiger charge is -2.08. The van der Waals surface area contributed by atoms with E-state index in [0.29, 0.717) is 29.4 Å². The Labute approximate surface area is 91.6 Å². The highest BCUT2D eigenvalue weighted by atomic mass is 16.5. The van der Waals surface area contributed by atoms with E-state index >= 15 is 0 Å². The molecule has 2 atom stereocenters. The third kappa shape index (κ3) is 1.49. The zero-order valence-corrected chi connectivity index (χ0v) is 8.84. The first-order valence-corrected chi connectivity index (χ1v) is 5.28. The molecule has 1 saturated heterocycles. The molecule has 0 aliphatic carbocycles. The second-order valence-electron chi connectivity index (χ2n) is 3.95. The third-order valence-electron chi connectivity index (χ3n) is 2.93. The lowest BCUT2D eigenvalue weighted by atomic mass is 10.0. The molecule has 2 aromatic rings. The molecule has 0 radical (unpaired) electrons. The van der Waals surface area contributed by atoms with E-state index in [2.05, 4.69) is 37.8 Å². The molecule has 0 amide bonds. The quantitative estimate of drug-likeness (QED) is 0.757. The van der Waals surface area contributed by atoms with Crippen LogP contribution in [0.3, 0.4) is 0 Å². The molecule has 1 aliphatic rings. The Morgan fingerprint density at radius 3 is 3.12 bits per heavy atom. The van der Waals surface area contributed by atoms with Crippen molar-refractivity contribution in [3.63, 3.8) is 0 Å². The Morgan fingerprint density at radius 1 is 1.50 bits per heavy atom. The predicted octanol–water partition coefficient (Wildman–Crippen LogP) is 0.320. The number of nitrogens with one attached hydrogen (secondary N) is 2. The summed E-state index contributed by atoms with van der Waals surface area (Å²) in [4.78, 5) is 4.34. The monoisotopic (exact) mass is 220 g/mol. The largest absolute Gasteiger partial charge is 0.339 e. The number of hydrogen-bond donors (Lipinski definition) is 2. The summed E-state index contributed by atoms with van der Waals surface area (Å²) in [5.41, 5.74) is 0.605. The average Bonchev–Trinajstić information content (AvgIpc) is 2.96. The van der Waals surface area contributed by atoms with Gasteiger partial charge in [-0.25, -0.2) is 0 Å². The minimum absolute atomic E-state index is 0.299. The van der Waals surface area contributed by atoms with Crippen LogP contribution in [-0.4, -0.2) is 38.1 Å². The van der Waals surface area contributed by atoms with E-state index in [1.54, 1.807) is 6.20 Å². The second kappa shape index (κ2) is 3.67. The maximum absolute atomic E-state index is 5.26. The van der Waals surface area contributed by atoms with Crippen molar-refractivity contribution >= 4 is 0 Å². The second-order valence-corrected chi connectivity index (χ2v) is 3.95. The molecule has 1 aliphatic heterocycles. The molecule has 84 valence electrons. The van der Waals surface area contributed by atoms with E-state index in [-0.39, 0.29) is 0 Å². The number of rotatable bonds is 2. The van der Waals surface area contributed by atoms with E-state index in [0.717, 1.165) is 13.0 Å². The fourth-order valence-electron chi connectivity index (χ4n) is 2.00. The zero-order chi connectivity index (χ0) is 11.0. The number of aromatic nitrogens is 5. The van der Waals surface area contributed by atoms with E-state index < -0.39 is 0 Å². The summed E-state index contributed by atoms with van der Waals surface area (Å²) >= 11 is 0. The van der Waals surface area contributed by atoms with Gasteiger partial charge in [0.15, 0.2) is 5.69 Å². The van der Waals surface area contributed by atoms with Crippen molar-refractivity contribution in [1.29, 1.82) is 0 Å². The third-order valence-corrected chi connectivity index (χ3v) is 2.93. The van der Waals surface area contributed by atoms with Crippen LogP contribution in [-0.2, 0) is 0 Å². The van der Waals surface area contributed by atoms with Gasteiger partial charge in [-0.1, -0.05) is 5.16 Å². The molecule has 1 fully saturated rings. The van der Waals surface area contributed by atoms with Crippen molar-refractivity contribution in [2.45, 2.75) is 25.3 Å². The molecule has 16 heavy (non-hydrogen) atoms. The summed E-state index contributed by atoms with van der Waals surface area (Å²) in [6, 6.07) is 0.380. The Bertz CT molecular complexity index is 464. The molecular formula is C9H12N6O. The molecule has 7 heteroatoms. The highest BCUT2D eigenvalue weighted by molar-refractivity contribution is 5.44. The van der Waals surface area contributed by atoms with Crippen LogP contribution in [0.4, 0.5) is 0 Å². The van der Waals surface area contributed by atoms with E-state index in [4.69, 9.17) is 4.52 Å². The maximum atomic E-state index is 5.26. The van der Waals surface area contributed by atoms with Gasteiger partial charge in [-0.15, -0.1) is 0 Å². The molecule has 2 aromatic heterocycles. The Hall–Kier alpha value is -1.76. The number of nitrogens with zero attached hydrogens (tertiary/aromatic N) is 4. The van der Waals surface area contributed by atoms with Gasteiger partial charge in [0.1, 0.15) is 0 Å². The van der Waals surface area contributed by atoms with Gasteiger partial charge in [-0.3, -0.25) is 0 Å². The highest BCUT2D eigenvalue weighted by Gasteiger charge is 2.29. The van der Waals surface area contributed by atoms with Crippen LogP contribution >= 0.6 is 0 Å². The summed E-state index contributed by atoms with van der Waals surface area (Å²) in [5.74, 6) is 1.46. The molecule has 0 saturated carbocycles. The zero-order valence-electron chi connectivity index (χ0n) is 8.84. The minimum Gasteiger partial charge on any atom is -0.339 e. The van der Waals surface area contributed by atoms with Crippen LogP contribution in [0.5, 0.6) is 0 Å². The topological polar surface area (TPSA) is 92.5 Å². The predicted molar refractivity (Wildman–Crippen MR) is 54.5 cm³/mol. The first kappa shape index (κ1) is 9.46. The fourth-order valence-corrected chi connectivity index (χ4v) is 2.00. The number of H-pyrrole nitrogens is 1. The van der Waals surface area contributed by atoms with Gasteiger partial charge in [0.25, 0.3) is 0 Å². The van der Waals surface area contributed by atoms with Crippen LogP contribution in [0.25, 0.3) is 11.5 Å². The van der Waals surface area contributed by atoms with Crippen LogP contribution in [0.15, 0.2) is 10.7 Å². The number of aromatic amines is 1. The summed E-state index contributed by atoms with van der Waals surface area (Å²) in [6.07, 6.45) is 2.60. The first-order valence-electron chi connectivity index (χ1n) is 5.28. The lowest BCUT2D eigenvalue weighted by Crippen LogP contribution is -2.21. The Balaban J connectivity index is 1.88. The van der Waals surface area contributed by atoms with E-state index in [1.807, 2.05) is 0 Å². The molecule has 0 bridgehead atoms. The average molecular weight is 220 g/mol. The van der Waals surface area contributed by atoms with Gasteiger partial charge in [0.05, 0.1) is 12.1 Å². The van der Waals surface area contributed by atoms with Crippen LogP contribution in [0, 0.1) is 0 Å². The van der Waals surface area contributed by atoms with Crippen LogP contribution in [0.2, 0.25) is 0 Å². The van der Waals surface area contributed by atoms with Crippen molar-refractivity contribution < 1.29 is 4.52 Å². The molecular weight excluding hydrogens is 208 g/mol. The molecule has 2 N–H and O–H groups in total. The van der Waals surface area contributed by atoms with Crippen LogP contribution in [0.1, 0.15) is 25.2 Å². The van der Waals surface area contributed by atoms with Crippen molar-refractivity contribution in [1.82, 2.24) is 30.9 Å². The SMILES string of the molecule is CC1NCCC1c1nc(-c2cn[nH]n2)no1. The first-order chi connectivity index (χ1) is 7.84. The van der Waals surface area contributed by atoms with Gasteiger partial charge in [-0.05, 0) is 19.9 Å². The normalized spacial score (nSPS) is 25.1. The molecule has 0 aromatic carbocycles. The summed E-state index contributed by atoms with van der Waals surface area (Å²) in [5, 5.41) is 17.4. The Kier molecular flexibility index (Phi) is 2.17.